The van der Waals surface area contributed by atoms with E-state index in [4.69, 9.17) is 5.26 Å². The fourth-order valence-electron chi connectivity index (χ4n) is 4.83. The molecule has 2 unspecified atom stereocenters. The fraction of sp³-hybridized carbons (Fsp3) is 0.300. The summed E-state index contributed by atoms with van der Waals surface area (Å²) in [4.78, 5) is 17.4. The van der Waals surface area contributed by atoms with Gasteiger partial charge < -0.3 is 10.2 Å². The zero-order valence-electron chi connectivity index (χ0n) is 20.8. The summed E-state index contributed by atoms with van der Waals surface area (Å²) in [5.74, 6) is -0.121. The number of hydrogen-bond acceptors (Lipinski definition) is 5. The molecule has 0 spiro atoms. The summed E-state index contributed by atoms with van der Waals surface area (Å²) < 4.78 is 0. The number of nitrogens with one attached hydrogen (secondary N) is 1. The Bertz CT molecular complexity index is 1250. The number of nitrogens with zero attached hydrogens (tertiary/aromatic N) is 4. The summed E-state index contributed by atoms with van der Waals surface area (Å²) in [5, 5.41) is 21.4. The Morgan fingerprint density at radius 3 is 2.08 bits per heavy atom. The van der Waals surface area contributed by atoms with Gasteiger partial charge in [-0.3, -0.25) is 9.69 Å². The number of nitriles is 2. The first kappa shape index (κ1) is 25.0. The highest BCUT2D eigenvalue weighted by molar-refractivity contribution is 5.94. The minimum Gasteiger partial charge on any atom is -0.375 e. The highest BCUT2D eigenvalue weighted by Gasteiger charge is 2.31. The van der Waals surface area contributed by atoms with Crippen molar-refractivity contribution in [2.75, 3.05) is 31.6 Å². The average Bonchev–Trinajstić information content (AvgIpc) is 3.37. The molecule has 1 aliphatic heterocycles. The van der Waals surface area contributed by atoms with Gasteiger partial charge in [0.1, 0.15) is 0 Å². The molecule has 6 heteroatoms. The van der Waals surface area contributed by atoms with Crippen LogP contribution in [0, 0.1) is 22.7 Å². The molecule has 1 N–H and O–H groups in total. The third kappa shape index (κ3) is 5.74. The van der Waals surface area contributed by atoms with Gasteiger partial charge in [0, 0.05) is 44.0 Å². The summed E-state index contributed by atoms with van der Waals surface area (Å²) in [7, 11) is 2.11. The summed E-state index contributed by atoms with van der Waals surface area (Å²) >= 11 is 0. The average molecular weight is 478 g/mol. The molecule has 1 aliphatic rings. The lowest BCUT2D eigenvalue weighted by Gasteiger charge is -2.29. The molecule has 182 valence electrons. The number of rotatable bonds is 8. The second-order valence-corrected chi connectivity index (χ2v) is 9.29. The second kappa shape index (κ2) is 11.5. The van der Waals surface area contributed by atoms with Crippen LogP contribution in [0.15, 0.2) is 72.8 Å². The van der Waals surface area contributed by atoms with Gasteiger partial charge in [-0.05, 0) is 72.5 Å². The van der Waals surface area contributed by atoms with Crippen molar-refractivity contribution in [1.29, 1.82) is 10.5 Å². The van der Waals surface area contributed by atoms with Crippen LogP contribution in [-0.4, -0.2) is 43.5 Å². The van der Waals surface area contributed by atoms with E-state index in [2.05, 4.69) is 65.5 Å². The van der Waals surface area contributed by atoms with Crippen molar-refractivity contribution >= 4 is 11.6 Å². The van der Waals surface area contributed by atoms with Crippen molar-refractivity contribution in [3.05, 3.63) is 101 Å². The molecule has 1 saturated heterocycles. The summed E-state index contributed by atoms with van der Waals surface area (Å²) in [6.45, 7) is 4.76. The van der Waals surface area contributed by atoms with E-state index in [1.807, 2.05) is 24.3 Å². The van der Waals surface area contributed by atoms with E-state index >= 15 is 0 Å². The van der Waals surface area contributed by atoms with E-state index in [0.29, 0.717) is 16.7 Å². The Balaban J connectivity index is 1.53. The largest absolute Gasteiger partial charge is 0.375 e. The van der Waals surface area contributed by atoms with Crippen LogP contribution >= 0.6 is 0 Å². The van der Waals surface area contributed by atoms with Crippen LogP contribution in [0.5, 0.6) is 0 Å². The molecule has 6 nitrogen and oxygen atoms in total. The van der Waals surface area contributed by atoms with Crippen LogP contribution in [0.3, 0.4) is 0 Å². The van der Waals surface area contributed by atoms with Gasteiger partial charge >= 0.3 is 0 Å². The molecule has 0 bridgehead atoms. The van der Waals surface area contributed by atoms with E-state index in [1.54, 1.807) is 24.3 Å². The Labute approximate surface area is 213 Å². The summed E-state index contributed by atoms with van der Waals surface area (Å²) in [6.07, 6.45) is 1.95. The predicted octanol–water partition coefficient (Wildman–Crippen LogP) is 4.87. The van der Waals surface area contributed by atoms with Crippen molar-refractivity contribution in [3.63, 3.8) is 0 Å². The van der Waals surface area contributed by atoms with E-state index in [0.717, 1.165) is 38.0 Å². The van der Waals surface area contributed by atoms with Crippen molar-refractivity contribution in [1.82, 2.24) is 10.2 Å². The third-order valence-corrected chi connectivity index (χ3v) is 6.76. The van der Waals surface area contributed by atoms with Gasteiger partial charge in [0.2, 0.25) is 0 Å². The lowest BCUT2D eigenvalue weighted by Crippen LogP contribution is -2.38. The van der Waals surface area contributed by atoms with Gasteiger partial charge in [0.25, 0.3) is 5.91 Å². The standard InChI is InChI=1S/C30H31N5O/c1-3-17-34(2)28-14-12-25(13-15-28)29(24-8-4-22(19-31)5-9-24)35-18-16-27(21-35)33-30(36)26-10-6-23(20-32)7-11-26/h4-15,27,29H,3,16-18,21H2,1-2H3,(H,33,36). The first-order valence-electron chi connectivity index (χ1n) is 12.4. The first-order chi connectivity index (χ1) is 17.5. The van der Waals surface area contributed by atoms with E-state index in [-0.39, 0.29) is 18.0 Å². The second-order valence-electron chi connectivity index (χ2n) is 9.29. The number of anilines is 1. The minimum atomic E-state index is -0.121. The Kier molecular flexibility index (Phi) is 8.00. The molecule has 36 heavy (non-hydrogen) atoms. The lowest BCUT2D eigenvalue weighted by molar-refractivity contribution is 0.0937. The van der Waals surface area contributed by atoms with Gasteiger partial charge in [0.15, 0.2) is 0 Å². The van der Waals surface area contributed by atoms with Crippen LogP contribution < -0.4 is 10.2 Å². The van der Waals surface area contributed by atoms with E-state index in [1.165, 1.54) is 11.3 Å². The number of likely N-dealkylation sites (tertiary alicyclic amines) is 1. The maximum absolute atomic E-state index is 12.8. The highest BCUT2D eigenvalue weighted by atomic mass is 16.1. The minimum absolute atomic E-state index is 0.0279. The first-order valence-corrected chi connectivity index (χ1v) is 12.4. The molecule has 4 rings (SSSR count). The molecule has 1 fully saturated rings. The van der Waals surface area contributed by atoms with Crippen LogP contribution in [0.4, 0.5) is 5.69 Å². The van der Waals surface area contributed by atoms with E-state index in [9.17, 15) is 10.1 Å². The molecule has 1 heterocycles. The molecule has 0 aliphatic carbocycles. The SMILES string of the molecule is CCCN(C)c1ccc(C(c2ccc(C#N)cc2)N2CCC(NC(=O)c3ccc(C#N)cc3)C2)cc1. The summed E-state index contributed by atoms with van der Waals surface area (Å²) in [6, 6.07) is 27.6. The van der Waals surface area contributed by atoms with E-state index < -0.39 is 0 Å². The maximum atomic E-state index is 12.8. The molecule has 3 aromatic carbocycles. The van der Waals surface area contributed by atoms with Crippen LogP contribution in [0.25, 0.3) is 0 Å². The zero-order valence-corrected chi connectivity index (χ0v) is 20.8. The van der Waals surface area contributed by atoms with Gasteiger partial charge in [-0.15, -0.1) is 0 Å². The molecule has 0 aromatic heterocycles. The van der Waals surface area contributed by atoms with Crippen LogP contribution in [-0.2, 0) is 0 Å². The number of carbonyl (C=O) groups excluding carboxylic acids is 1. The fourth-order valence-corrected chi connectivity index (χ4v) is 4.83. The molecule has 0 saturated carbocycles. The molecule has 1 amide bonds. The Morgan fingerprint density at radius 2 is 1.53 bits per heavy atom. The molecular formula is C30H31N5O. The number of hydrogen-bond donors (Lipinski definition) is 1. The molecular weight excluding hydrogens is 446 g/mol. The molecule has 0 radical (unpaired) electrons. The predicted molar refractivity (Wildman–Crippen MR) is 142 cm³/mol. The topological polar surface area (TPSA) is 83.2 Å². The smallest absolute Gasteiger partial charge is 0.251 e. The van der Waals surface area contributed by atoms with Crippen molar-refractivity contribution in [2.24, 2.45) is 0 Å². The Morgan fingerprint density at radius 1 is 0.972 bits per heavy atom. The summed E-state index contributed by atoms with van der Waals surface area (Å²) in [5.41, 5.74) is 5.24. The third-order valence-electron chi connectivity index (χ3n) is 6.76. The van der Waals surface area contributed by atoms with Crippen molar-refractivity contribution in [2.45, 2.75) is 31.8 Å². The number of amides is 1. The molecule has 2 atom stereocenters. The quantitative estimate of drug-likeness (QED) is 0.500. The van der Waals surface area contributed by atoms with Gasteiger partial charge in [-0.25, -0.2) is 0 Å². The van der Waals surface area contributed by atoms with Crippen LogP contribution in [0.1, 0.15) is 58.4 Å². The highest BCUT2D eigenvalue weighted by Crippen LogP contribution is 2.33. The maximum Gasteiger partial charge on any atom is 0.251 e. The lowest BCUT2D eigenvalue weighted by atomic mass is 9.96. The molecule has 3 aromatic rings. The van der Waals surface area contributed by atoms with Crippen molar-refractivity contribution in [3.8, 4) is 12.1 Å². The van der Waals surface area contributed by atoms with Gasteiger partial charge in [0.05, 0.1) is 29.3 Å². The Hall–Kier alpha value is -4.13. The van der Waals surface area contributed by atoms with Crippen molar-refractivity contribution < 1.29 is 4.79 Å². The van der Waals surface area contributed by atoms with Gasteiger partial charge in [-0.2, -0.15) is 10.5 Å². The zero-order chi connectivity index (χ0) is 25.5. The number of benzene rings is 3. The van der Waals surface area contributed by atoms with Crippen LogP contribution in [0.2, 0.25) is 0 Å². The van der Waals surface area contributed by atoms with Gasteiger partial charge in [-0.1, -0.05) is 31.2 Å². The normalized spacial score (nSPS) is 16.1. The number of carbonyl (C=O) groups is 1. The monoisotopic (exact) mass is 477 g/mol.